The number of benzene rings is 1. The Kier molecular flexibility index (Phi) is 4.70. The molecule has 0 bridgehead atoms. The predicted molar refractivity (Wildman–Crippen MR) is 72.5 cm³/mol. The summed E-state index contributed by atoms with van der Waals surface area (Å²) in [6.45, 7) is 4.95. The Morgan fingerprint density at radius 1 is 1.26 bits per heavy atom. The molecule has 0 fully saturated rings. The van der Waals surface area contributed by atoms with Crippen LogP contribution in [0.4, 0.5) is 0 Å². The fraction of sp³-hybridized carbons (Fsp3) is 0.462. The zero-order chi connectivity index (χ0) is 14.7. The highest BCUT2D eigenvalue weighted by atomic mass is 32.2. The summed E-state index contributed by atoms with van der Waals surface area (Å²) >= 11 is 0. The van der Waals surface area contributed by atoms with E-state index in [2.05, 4.69) is 4.72 Å². The van der Waals surface area contributed by atoms with Crippen molar-refractivity contribution in [3.63, 3.8) is 0 Å². The quantitative estimate of drug-likeness (QED) is 0.834. The third-order valence-corrected chi connectivity index (χ3v) is 4.79. The van der Waals surface area contributed by atoms with Gasteiger partial charge >= 0.3 is 5.97 Å². The molecule has 0 saturated heterocycles. The number of hydrogen-bond acceptors (Lipinski definition) is 3. The average molecular weight is 285 g/mol. The van der Waals surface area contributed by atoms with E-state index < -0.39 is 21.5 Å². The van der Waals surface area contributed by atoms with Crippen molar-refractivity contribution in [2.75, 3.05) is 0 Å². The van der Waals surface area contributed by atoms with Crippen LogP contribution < -0.4 is 4.72 Å². The van der Waals surface area contributed by atoms with E-state index in [-0.39, 0.29) is 11.3 Å². The molecule has 0 aliphatic carbocycles. The number of rotatable bonds is 6. The number of aliphatic carboxylic acids is 1. The van der Waals surface area contributed by atoms with E-state index in [1.807, 2.05) is 6.92 Å². The van der Waals surface area contributed by atoms with E-state index in [0.717, 1.165) is 12.0 Å². The van der Waals surface area contributed by atoms with Gasteiger partial charge in [-0.2, -0.15) is 4.72 Å². The molecule has 1 atom stereocenters. The Hall–Kier alpha value is -1.40. The number of carboxylic acid groups (broad SMARTS) is 1. The van der Waals surface area contributed by atoms with Crippen molar-refractivity contribution in [2.45, 2.75) is 44.0 Å². The molecule has 0 spiro atoms. The van der Waals surface area contributed by atoms with E-state index in [1.54, 1.807) is 19.1 Å². The van der Waals surface area contributed by atoms with Crippen LogP contribution in [0.3, 0.4) is 0 Å². The van der Waals surface area contributed by atoms with Gasteiger partial charge in [-0.15, -0.1) is 0 Å². The fourth-order valence-corrected chi connectivity index (χ4v) is 2.96. The van der Waals surface area contributed by atoms with Crippen LogP contribution in [-0.4, -0.2) is 25.0 Å². The van der Waals surface area contributed by atoms with Gasteiger partial charge in [-0.05, 0) is 37.5 Å². The maximum Gasteiger partial charge on any atom is 0.324 e. The van der Waals surface area contributed by atoms with Crippen LogP contribution >= 0.6 is 0 Å². The number of aryl methyl sites for hydroxylation is 1. The Bertz CT molecular complexity index is 551. The lowest BCUT2D eigenvalue weighted by atomic mass is 10.0. The molecule has 0 heterocycles. The Labute approximate surface area is 113 Å². The minimum absolute atomic E-state index is 0.0747. The minimum atomic E-state index is -3.83. The van der Waals surface area contributed by atoms with Crippen molar-refractivity contribution in [3.05, 3.63) is 29.8 Å². The second-order valence-corrected chi connectivity index (χ2v) is 6.28. The molecule has 19 heavy (non-hydrogen) atoms. The van der Waals surface area contributed by atoms with E-state index in [1.165, 1.54) is 19.1 Å². The molecule has 0 radical (unpaired) electrons. The molecule has 1 aromatic carbocycles. The second kappa shape index (κ2) is 5.71. The van der Waals surface area contributed by atoms with Gasteiger partial charge in [0.25, 0.3) is 0 Å². The molecule has 106 valence electrons. The van der Waals surface area contributed by atoms with Crippen LogP contribution in [0.5, 0.6) is 0 Å². The summed E-state index contributed by atoms with van der Waals surface area (Å²) < 4.78 is 26.5. The van der Waals surface area contributed by atoms with E-state index in [9.17, 15) is 13.2 Å². The van der Waals surface area contributed by atoms with E-state index in [4.69, 9.17) is 5.11 Å². The molecule has 0 aliphatic rings. The number of nitrogens with one attached hydrogen (secondary N) is 1. The molecule has 5 nitrogen and oxygen atoms in total. The first kappa shape index (κ1) is 15.7. The summed E-state index contributed by atoms with van der Waals surface area (Å²) in [5.41, 5.74) is -0.474. The van der Waals surface area contributed by atoms with Crippen molar-refractivity contribution >= 4 is 16.0 Å². The van der Waals surface area contributed by atoms with Gasteiger partial charge in [0, 0.05) is 0 Å². The average Bonchev–Trinajstić information content (AvgIpc) is 2.38. The summed E-state index contributed by atoms with van der Waals surface area (Å²) in [5, 5.41) is 9.10. The van der Waals surface area contributed by atoms with Crippen LogP contribution in [0.2, 0.25) is 0 Å². The number of carbonyl (C=O) groups is 1. The summed E-state index contributed by atoms with van der Waals surface area (Å²) in [5.74, 6) is -1.19. The molecular formula is C13H19NO4S. The van der Waals surface area contributed by atoms with Crippen LogP contribution in [0.25, 0.3) is 0 Å². The lowest BCUT2D eigenvalue weighted by Crippen LogP contribution is -2.51. The first-order valence-electron chi connectivity index (χ1n) is 6.11. The SMILES string of the molecule is CCc1ccc(S(=O)(=O)NC(C)(CC)C(=O)O)cc1. The molecule has 0 amide bonds. The van der Waals surface area contributed by atoms with Gasteiger partial charge in [-0.1, -0.05) is 26.0 Å². The molecule has 0 aliphatic heterocycles. The predicted octanol–water partition coefficient (Wildman–Crippen LogP) is 1.78. The van der Waals surface area contributed by atoms with Crippen molar-refractivity contribution in [2.24, 2.45) is 0 Å². The van der Waals surface area contributed by atoms with Crippen molar-refractivity contribution < 1.29 is 18.3 Å². The van der Waals surface area contributed by atoms with Gasteiger partial charge in [-0.3, -0.25) is 4.79 Å². The van der Waals surface area contributed by atoms with Crippen LogP contribution in [0, 0.1) is 0 Å². The molecule has 0 aromatic heterocycles. The largest absolute Gasteiger partial charge is 0.480 e. The smallest absolute Gasteiger partial charge is 0.324 e. The second-order valence-electron chi connectivity index (χ2n) is 4.59. The van der Waals surface area contributed by atoms with Crippen LogP contribution in [0.1, 0.15) is 32.8 Å². The highest BCUT2D eigenvalue weighted by Crippen LogP contribution is 2.17. The summed E-state index contributed by atoms with van der Waals surface area (Å²) in [6, 6.07) is 6.41. The van der Waals surface area contributed by atoms with Gasteiger partial charge in [0.2, 0.25) is 10.0 Å². The highest BCUT2D eigenvalue weighted by molar-refractivity contribution is 7.89. The summed E-state index contributed by atoms with van der Waals surface area (Å²) in [4.78, 5) is 11.2. The maximum atomic E-state index is 12.1. The molecule has 2 N–H and O–H groups in total. The van der Waals surface area contributed by atoms with Crippen molar-refractivity contribution in [3.8, 4) is 0 Å². The summed E-state index contributed by atoms with van der Waals surface area (Å²) in [7, 11) is -3.83. The minimum Gasteiger partial charge on any atom is -0.480 e. The first-order valence-corrected chi connectivity index (χ1v) is 7.60. The Morgan fingerprint density at radius 3 is 2.16 bits per heavy atom. The third-order valence-electron chi connectivity index (χ3n) is 3.18. The Morgan fingerprint density at radius 2 is 1.79 bits per heavy atom. The lowest BCUT2D eigenvalue weighted by Gasteiger charge is -2.24. The number of hydrogen-bond donors (Lipinski definition) is 2. The van der Waals surface area contributed by atoms with Gasteiger partial charge in [0.1, 0.15) is 5.54 Å². The molecule has 1 rings (SSSR count). The zero-order valence-electron chi connectivity index (χ0n) is 11.3. The number of sulfonamides is 1. The van der Waals surface area contributed by atoms with Crippen molar-refractivity contribution in [1.82, 2.24) is 4.72 Å². The molecule has 6 heteroatoms. The van der Waals surface area contributed by atoms with Gasteiger partial charge in [0.15, 0.2) is 0 Å². The highest BCUT2D eigenvalue weighted by Gasteiger charge is 2.36. The molecular weight excluding hydrogens is 266 g/mol. The van der Waals surface area contributed by atoms with Crippen molar-refractivity contribution in [1.29, 1.82) is 0 Å². The van der Waals surface area contributed by atoms with Crippen LogP contribution in [-0.2, 0) is 21.2 Å². The lowest BCUT2D eigenvalue weighted by molar-refractivity contribution is -0.143. The first-order chi connectivity index (χ1) is 8.75. The third kappa shape index (κ3) is 3.54. The van der Waals surface area contributed by atoms with Gasteiger partial charge < -0.3 is 5.11 Å². The van der Waals surface area contributed by atoms with Crippen LogP contribution in [0.15, 0.2) is 29.2 Å². The fourth-order valence-electron chi connectivity index (χ4n) is 1.53. The van der Waals surface area contributed by atoms with Gasteiger partial charge in [-0.25, -0.2) is 8.42 Å². The molecule has 1 aromatic rings. The normalized spacial score (nSPS) is 14.9. The summed E-state index contributed by atoms with van der Waals surface area (Å²) in [6.07, 6.45) is 0.976. The maximum absolute atomic E-state index is 12.1. The zero-order valence-corrected chi connectivity index (χ0v) is 12.1. The molecule has 0 saturated carbocycles. The molecule has 1 unspecified atom stereocenters. The Balaban J connectivity index is 3.07. The van der Waals surface area contributed by atoms with Gasteiger partial charge in [0.05, 0.1) is 4.90 Å². The number of carboxylic acids is 1. The standard InChI is InChI=1S/C13H19NO4S/c1-4-10-6-8-11(9-7-10)19(17,18)14-13(3,5-2)12(15)16/h6-9,14H,4-5H2,1-3H3,(H,15,16). The van der Waals surface area contributed by atoms with E-state index >= 15 is 0 Å². The topological polar surface area (TPSA) is 83.5 Å². The van der Waals surface area contributed by atoms with E-state index in [0.29, 0.717) is 0 Å². The monoisotopic (exact) mass is 285 g/mol.